The van der Waals surface area contributed by atoms with Crippen LogP contribution in [0.15, 0.2) is 59.8 Å². The molecular weight excluding hydrogens is 470 g/mol. The number of hydrogen-bond donors (Lipinski definition) is 2. The number of H-pyrrole nitrogens is 1. The Labute approximate surface area is 212 Å². The number of imidazole rings is 2. The number of nitrogens with zero attached hydrogens (tertiary/aromatic N) is 7. The van der Waals surface area contributed by atoms with Crippen molar-refractivity contribution in [3.05, 3.63) is 77.0 Å². The second-order valence-corrected chi connectivity index (χ2v) is 9.23. The Kier molecular flexibility index (Phi) is 5.87. The van der Waals surface area contributed by atoms with Gasteiger partial charge in [0.2, 0.25) is 5.82 Å². The first kappa shape index (κ1) is 22.9. The molecule has 1 aliphatic heterocycles. The van der Waals surface area contributed by atoms with Crippen LogP contribution in [-0.2, 0) is 13.5 Å². The van der Waals surface area contributed by atoms with Crippen LogP contribution < -0.4 is 15.9 Å². The van der Waals surface area contributed by atoms with Crippen LogP contribution in [0.1, 0.15) is 35.2 Å². The summed E-state index contributed by atoms with van der Waals surface area (Å²) in [5.41, 5.74) is 3.83. The first-order valence-electron chi connectivity index (χ1n) is 12.4. The highest BCUT2D eigenvalue weighted by Gasteiger charge is 2.27. The number of aryl methyl sites for hydroxylation is 1. The maximum Gasteiger partial charge on any atom is 0.326 e. The fourth-order valence-corrected chi connectivity index (χ4v) is 5.12. The number of aromatic amines is 1. The average Bonchev–Trinajstić information content (AvgIpc) is 3.45. The zero-order chi connectivity index (χ0) is 25.4. The van der Waals surface area contributed by atoms with Gasteiger partial charge in [-0.2, -0.15) is 0 Å². The summed E-state index contributed by atoms with van der Waals surface area (Å²) < 4.78 is 3.57. The number of nitrogens with one attached hydrogen (secondary N) is 2. The number of pyridine rings is 1. The molecule has 0 aliphatic carbocycles. The number of anilines is 1. The largest absolute Gasteiger partial charge is 0.355 e. The van der Waals surface area contributed by atoms with E-state index >= 15 is 0 Å². The van der Waals surface area contributed by atoms with Gasteiger partial charge >= 0.3 is 5.69 Å². The van der Waals surface area contributed by atoms with Gasteiger partial charge in [-0.05, 0) is 37.1 Å². The molecule has 5 aromatic rings. The Hall–Kier alpha value is -4.54. The van der Waals surface area contributed by atoms with E-state index in [0.29, 0.717) is 43.0 Å². The zero-order valence-electron chi connectivity index (χ0n) is 20.5. The minimum Gasteiger partial charge on any atom is -0.355 e. The predicted octanol–water partition coefficient (Wildman–Crippen LogP) is 2.22. The van der Waals surface area contributed by atoms with Crippen molar-refractivity contribution in [3.8, 4) is 0 Å². The van der Waals surface area contributed by atoms with Gasteiger partial charge in [0.05, 0.1) is 11.0 Å². The minimum atomic E-state index is -0.264. The van der Waals surface area contributed by atoms with Crippen molar-refractivity contribution >= 4 is 33.9 Å². The van der Waals surface area contributed by atoms with Gasteiger partial charge < -0.3 is 19.8 Å². The zero-order valence-corrected chi connectivity index (χ0v) is 20.5. The maximum absolute atomic E-state index is 12.9. The third-order valence-corrected chi connectivity index (χ3v) is 6.99. The molecule has 1 aliphatic rings. The van der Waals surface area contributed by atoms with Gasteiger partial charge in [-0.3, -0.25) is 14.3 Å². The summed E-state index contributed by atoms with van der Waals surface area (Å²) in [5.74, 6) is 0.732. The number of fused-ring (bicyclic) bond motifs is 2. The third kappa shape index (κ3) is 4.22. The van der Waals surface area contributed by atoms with Crippen LogP contribution in [-0.4, -0.2) is 59.6 Å². The van der Waals surface area contributed by atoms with Crippen LogP contribution in [0.2, 0.25) is 0 Å². The normalized spacial score (nSPS) is 14.5. The lowest BCUT2D eigenvalue weighted by Gasteiger charge is -2.33. The number of piperidine rings is 1. The molecule has 188 valence electrons. The van der Waals surface area contributed by atoms with Crippen LogP contribution >= 0.6 is 0 Å². The van der Waals surface area contributed by atoms with Crippen molar-refractivity contribution in [3.63, 3.8) is 0 Å². The molecule has 0 bridgehead atoms. The Morgan fingerprint density at radius 3 is 2.70 bits per heavy atom. The van der Waals surface area contributed by atoms with E-state index in [1.807, 2.05) is 47.0 Å². The van der Waals surface area contributed by atoms with Gasteiger partial charge in [0.15, 0.2) is 17.0 Å². The van der Waals surface area contributed by atoms with Crippen molar-refractivity contribution in [2.75, 3.05) is 24.5 Å². The van der Waals surface area contributed by atoms with Crippen molar-refractivity contribution in [1.82, 2.24) is 39.4 Å². The highest BCUT2D eigenvalue weighted by Crippen LogP contribution is 2.30. The molecule has 0 atom stereocenters. The molecular formula is C26H27N9O2. The molecule has 0 spiro atoms. The topological polar surface area (TPSA) is 127 Å². The van der Waals surface area contributed by atoms with Crippen LogP contribution in [0.4, 0.5) is 5.82 Å². The summed E-state index contributed by atoms with van der Waals surface area (Å²) in [6.45, 7) is 1.88. The Balaban J connectivity index is 1.19. The van der Waals surface area contributed by atoms with Crippen molar-refractivity contribution in [2.24, 2.45) is 7.05 Å². The van der Waals surface area contributed by atoms with Gasteiger partial charge in [0, 0.05) is 51.0 Å². The molecule has 1 amide bonds. The molecule has 0 radical (unpaired) electrons. The Bertz CT molecular complexity index is 1630. The lowest BCUT2D eigenvalue weighted by atomic mass is 10.0. The third-order valence-electron chi connectivity index (χ3n) is 6.99. The molecule has 4 aromatic heterocycles. The molecule has 1 aromatic carbocycles. The smallest absolute Gasteiger partial charge is 0.326 e. The SMILES string of the molecule is Cn1c(C(=O)NCCc2ccccn2)nc2c(N3CCC(n4c(=O)[nH]c5ccccc54)CC3)ncnc21. The van der Waals surface area contributed by atoms with E-state index in [1.165, 1.54) is 6.33 Å². The van der Waals surface area contributed by atoms with Crippen molar-refractivity contribution in [1.29, 1.82) is 0 Å². The summed E-state index contributed by atoms with van der Waals surface area (Å²) in [5, 5.41) is 2.93. The van der Waals surface area contributed by atoms with Crippen LogP contribution in [0.25, 0.3) is 22.2 Å². The Morgan fingerprint density at radius 2 is 1.89 bits per heavy atom. The van der Waals surface area contributed by atoms with E-state index in [1.54, 1.807) is 17.8 Å². The number of carbonyl (C=O) groups excluding carboxylic acids is 1. The number of amides is 1. The molecule has 2 N–H and O–H groups in total. The highest BCUT2D eigenvalue weighted by atomic mass is 16.2. The molecule has 11 nitrogen and oxygen atoms in total. The minimum absolute atomic E-state index is 0.0764. The van der Waals surface area contributed by atoms with Crippen LogP contribution in [0.3, 0.4) is 0 Å². The monoisotopic (exact) mass is 497 g/mol. The standard InChI is InChI=1S/C26H27N9O2/c1-33-22-21(32-24(33)25(36)28-13-9-17-6-4-5-12-27-17)23(30-16-29-22)34-14-10-18(11-15-34)35-20-8-3-2-7-19(20)31-26(35)37/h2-8,12,16,18H,9-11,13-15H2,1H3,(H,28,36)(H,31,37). The van der Waals surface area contributed by atoms with E-state index < -0.39 is 0 Å². The number of rotatable bonds is 6. The molecule has 0 unspecified atom stereocenters. The summed E-state index contributed by atoms with van der Waals surface area (Å²) in [4.78, 5) is 48.5. The van der Waals surface area contributed by atoms with Gasteiger partial charge in [0.25, 0.3) is 5.91 Å². The molecule has 37 heavy (non-hydrogen) atoms. The molecule has 6 rings (SSSR count). The van der Waals surface area contributed by atoms with E-state index in [2.05, 4.69) is 35.1 Å². The lowest BCUT2D eigenvalue weighted by Crippen LogP contribution is -2.37. The second kappa shape index (κ2) is 9.49. The van der Waals surface area contributed by atoms with E-state index in [0.717, 1.165) is 29.6 Å². The molecule has 5 heterocycles. The quantitative estimate of drug-likeness (QED) is 0.368. The lowest BCUT2D eigenvalue weighted by molar-refractivity contribution is 0.0941. The van der Waals surface area contributed by atoms with Crippen molar-refractivity contribution in [2.45, 2.75) is 25.3 Å². The van der Waals surface area contributed by atoms with Gasteiger partial charge in [-0.1, -0.05) is 18.2 Å². The average molecular weight is 498 g/mol. The number of carbonyl (C=O) groups is 1. The molecule has 11 heteroatoms. The summed E-state index contributed by atoms with van der Waals surface area (Å²) in [7, 11) is 1.79. The van der Waals surface area contributed by atoms with E-state index in [9.17, 15) is 9.59 Å². The molecule has 0 saturated carbocycles. The van der Waals surface area contributed by atoms with E-state index in [-0.39, 0.29) is 23.5 Å². The number of para-hydroxylation sites is 2. The van der Waals surface area contributed by atoms with E-state index in [4.69, 9.17) is 0 Å². The fraction of sp³-hybridized carbons (Fsp3) is 0.308. The Morgan fingerprint density at radius 1 is 1.08 bits per heavy atom. The van der Waals surface area contributed by atoms with Crippen molar-refractivity contribution < 1.29 is 4.79 Å². The maximum atomic E-state index is 12.9. The molecule has 1 fully saturated rings. The predicted molar refractivity (Wildman–Crippen MR) is 140 cm³/mol. The number of hydrogen-bond acceptors (Lipinski definition) is 7. The van der Waals surface area contributed by atoms with Crippen LogP contribution in [0.5, 0.6) is 0 Å². The number of benzene rings is 1. The first-order chi connectivity index (χ1) is 18.1. The van der Waals surface area contributed by atoms with Gasteiger partial charge in [0.1, 0.15) is 6.33 Å². The summed E-state index contributed by atoms with van der Waals surface area (Å²) in [6, 6.07) is 13.6. The highest BCUT2D eigenvalue weighted by molar-refractivity contribution is 5.96. The number of aromatic nitrogens is 7. The first-order valence-corrected chi connectivity index (χ1v) is 12.4. The second-order valence-electron chi connectivity index (χ2n) is 9.23. The molecule has 1 saturated heterocycles. The van der Waals surface area contributed by atoms with Crippen LogP contribution in [0, 0.1) is 0 Å². The summed E-state index contributed by atoms with van der Waals surface area (Å²) in [6.07, 6.45) is 5.47. The summed E-state index contributed by atoms with van der Waals surface area (Å²) >= 11 is 0. The van der Waals surface area contributed by atoms with Gasteiger partial charge in [-0.25, -0.2) is 19.7 Å². The van der Waals surface area contributed by atoms with Gasteiger partial charge in [-0.15, -0.1) is 0 Å². The fourth-order valence-electron chi connectivity index (χ4n) is 5.12.